The van der Waals surface area contributed by atoms with Crippen molar-refractivity contribution in [1.29, 1.82) is 0 Å². The van der Waals surface area contributed by atoms with Crippen molar-refractivity contribution in [2.45, 2.75) is 44.2 Å². The van der Waals surface area contributed by atoms with Gasteiger partial charge in [-0.05, 0) is 62.1 Å². The monoisotopic (exact) mass is 501 g/mol. The quantitative estimate of drug-likeness (QED) is 0.464. The average Bonchev–Trinajstić information content (AvgIpc) is 3.64. The van der Waals surface area contributed by atoms with E-state index in [-0.39, 0.29) is 35.3 Å². The summed E-state index contributed by atoms with van der Waals surface area (Å²) in [6.45, 7) is 4.61. The number of hydrogen-bond donors (Lipinski definition) is 1. The van der Waals surface area contributed by atoms with Gasteiger partial charge in [-0.1, -0.05) is 6.07 Å². The van der Waals surface area contributed by atoms with E-state index in [0.29, 0.717) is 42.9 Å². The maximum absolute atomic E-state index is 13.8. The number of amides is 1. The van der Waals surface area contributed by atoms with Crippen LogP contribution in [0, 0.1) is 12.7 Å². The SMILES string of the molecule is Cc1cc2c(cc1C(=O)N1C[C@@H]3C[C@H]1CN3c1cccc(F)c1)[nH]c(=O)c1cnc(C3CCOCC3)n12. The van der Waals surface area contributed by atoms with Crippen LogP contribution >= 0.6 is 0 Å². The molecule has 37 heavy (non-hydrogen) atoms. The molecule has 2 atom stereocenters. The van der Waals surface area contributed by atoms with Crippen molar-refractivity contribution in [2.24, 2.45) is 0 Å². The molecule has 2 aromatic heterocycles. The Kier molecular flexibility index (Phi) is 5.11. The molecule has 5 heterocycles. The van der Waals surface area contributed by atoms with Gasteiger partial charge in [0.05, 0.1) is 23.3 Å². The highest BCUT2D eigenvalue weighted by molar-refractivity contribution is 5.99. The molecule has 7 rings (SSSR count). The molecule has 4 aromatic rings. The zero-order chi connectivity index (χ0) is 25.3. The van der Waals surface area contributed by atoms with Crippen LogP contribution in [0.4, 0.5) is 10.1 Å². The second-order valence-corrected chi connectivity index (χ2v) is 10.5. The van der Waals surface area contributed by atoms with Gasteiger partial charge in [0.2, 0.25) is 0 Å². The van der Waals surface area contributed by atoms with E-state index >= 15 is 0 Å². The number of nitrogens with zero attached hydrogens (tertiary/aromatic N) is 4. The number of carbonyl (C=O) groups is 1. The minimum Gasteiger partial charge on any atom is -0.381 e. The Hall–Kier alpha value is -3.72. The van der Waals surface area contributed by atoms with Crippen LogP contribution < -0.4 is 10.5 Å². The lowest BCUT2D eigenvalue weighted by Gasteiger charge is -2.36. The van der Waals surface area contributed by atoms with E-state index < -0.39 is 0 Å². The lowest BCUT2D eigenvalue weighted by Crippen LogP contribution is -2.49. The largest absolute Gasteiger partial charge is 0.381 e. The third-order valence-corrected chi connectivity index (χ3v) is 8.31. The first-order chi connectivity index (χ1) is 18.0. The Morgan fingerprint density at radius 1 is 1.11 bits per heavy atom. The zero-order valence-electron chi connectivity index (χ0n) is 20.6. The topological polar surface area (TPSA) is 82.9 Å². The summed E-state index contributed by atoms with van der Waals surface area (Å²) in [7, 11) is 0. The lowest BCUT2D eigenvalue weighted by atomic mass is 9.99. The second-order valence-electron chi connectivity index (χ2n) is 10.5. The molecule has 3 fully saturated rings. The molecule has 1 N–H and O–H groups in total. The Labute approximate surface area is 212 Å². The van der Waals surface area contributed by atoms with Gasteiger partial charge in [0.15, 0.2) is 0 Å². The normalized spacial score (nSPS) is 22.0. The number of benzene rings is 2. The zero-order valence-corrected chi connectivity index (χ0v) is 20.6. The van der Waals surface area contributed by atoms with E-state index in [1.165, 1.54) is 6.07 Å². The molecule has 1 amide bonds. The molecule has 3 saturated heterocycles. The number of hydrogen-bond acceptors (Lipinski definition) is 5. The van der Waals surface area contributed by atoms with Gasteiger partial charge in [-0.3, -0.25) is 14.0 Å². The number of likely N-dealkylation sites (tertiary alicyclic amines) is 1. The van der Waals surface area contributed by atoms with Gasteiger partial charge in [0.25, 0.3) is 11.5 Å². The maximum Gasteiger partial charge on any atom is 0.274 e. The third kappa shape index (κ3) is 3.55. The van der Waals surface area contributed by atoms with Crippen LogP contribution in [0.3, 0.4) is 0 Å². The number of rotatable bonds is 3. The van der Waals surface area contributed by atoms with Gasteiger partial charge in [-0.2, -0.15) is 0 Å². The summed E-state index contributed by atoms with van der Waals surface area (Å²) >= 11 is 0. The van der Waals surface area contributed by atoms with Crippen LogP contribution in [0.1, 0.15) is 46.9 Å². The predicted molar refractivity (Wildman–Crippen MR) is 138 cm³/mol. The number of imidazole rings is 1. The highest BCUT2D eigenvalue weighted by Crippen LogP contribution is 2.36. The van der Waals surface area contributed by atoms with Crippen molar-refractivity contribution < 1.29 is 13.9 Å². The number of ether oxygens (including phenoxy) is 1. The van der Waals surface area contributed by atoms with E-state index in [2.05, 4.69) is 14.9 Å². The van der Waals surface area contributed by atoms with Crippen LogP contribution in [0.5, 0.6) is 0 Å². The molecule has 0 radical (unpaired) electrons. The van der Waals surface area contributed by atoms with E-state index in [1.54, 1.807) is 18.3 Å². The Morgan fingerprint density at radius 2 is 1.95 bits per heavy atom. The number of aromatic amines is 1. The Morgan fingerprint density at radius 3 is 2.70 bits per heavy atom. The first-order valence-corrected chi connectivity index (χ1v) is 12.9. The molecule has 0 unspecified atom stereocenters. The number of halogens is 1. The van der Waals surface area contributed by atoms with Crippen LogP contribution in [-0.2, 0) is 4.74 Å². The van der Waals surface area contributed by atoms with Crippen LogP contribution in [-0.4, -0.2) is 63.6 Å². The van der Waals surface area contributed by atoms with Crippen molar-refractivity contribution in [2.75, 3.05) is 31.2 Å². The molecule has 0 saturated carbocycles. The molecular formula is C28H28FN5O3. The summed E-state index contributed by atoms with van der Waals surface area (Å²) in [5.74, 6) is 0.828. The minimum absolute atomic E-state index is 0.0259. The highest BCUT2D eigenvalue weighted by atomic mass is 19.1. The number of aryl methyl sites for hydroxylation is 1. The molecule has 2 bridgehead atoms. The molecule has 190 valence electrons. The highest BCUT2D eigenvalue weighted by Gasteiger charge is 2.45. The van der Waals surface area contributed by atoms with E-state index in [4.69, 9.17) is 4.74 Å². The summed E-state index contributed by atoms with van der Waals surface area (Å²) in [6.07, 6.45) is 4.25. The number of piperazine rings is 1. The summed E-state index contributed by atoms with van der Waals surface area (Å²) in [6, 6.07) is 10.7. The number of fused-ring (bicyclic) bond motifs is 5. The molecule has 0 aliphatic carbocycles. The third-order valence-electron chi connectivity index (χ3n) is 8.31. The van der Waals surface area contributed by atoms with Gasteiger partial charge >= 0.3 is 0 Å². The molecule has 8 nitrogen and oxygen atoms in total. The number of H-pyrrole nitrogens is 1. The van der Waals surface area contributed by atoms with Crippen molar-refractivity contribution in [1.82, 2.24) is 19.3 Å². The number of carbonyl (C=O) groups excluding carboxylic acids is 1. The fourth-order valence-electron chi connectivity index (χ4n) is 6.46. The lowest BCUT2D eigenvalue weighted by molar-refractivity contribution is 0.0725. The molecule has 0 spiro atoms. The van der Waals surface area contributed by atoms with Crippen LogP contribution in [0.25, 0.3) is 16.6 Å². The molecule has 3 aliphatic heterocycles. The smallest absolute Gasteiger partial charge is 0.274 e. The van der Waals surface area contributed by atoms with E-state index in [1.807, 2.05) is 34.4 Å². The molecule has 2 aromatic carbocycles. The number of aromatic nitrogens is 3. The Bertz CT molecular complexity index is 1600. The van der Waals surface area contributed by atoms with Crippen molar-refractivity contribution in [3.8, 4) is 0 Å². The number of anilines is 1. The minimum atomic E-state index is -0.249. The van der Waals surface area contributed by atoms with Crippen molar-refractivity contribution in [3.05, 3.63) is 75.7 Å². The first-order valence-electron chi connectivity index (χ1n) is 12.9. The number of nitrogens with one attached hydrogen (secondary N) is 1. The van der Waals surface area contributed by atoms with E-state index in [9.17, 15) is 14.0 Å². The van der Waals surface area contributed by atoms with Gasteiger partial charge in [-0.25, -0.2) is 9.37 Å². The summed E-state index contributed by atoms with van der Waals surface area (Å²) in [5.41, 5.74) is 4.10. The molecule has 3 aliphatic rings. The summed E-state index contributed by atoms with van der Waals surface area (Å²) < 4.78 is 21.2. The average molecular weight is 502 g/mol. The predicted octanol–water partition coefficient (Wildman–Crippen LogP) is 3.62. The summed E-state index contributed by atoms with van der Waals surface area (Å²) in [4.78, 5) is 38.4. The van der Waals surface area contributed by atoms with Gasteiger partial charge in [-0.15, -0.1) is 0 Å². The van der Waals surface area contributed by atoms with E-state index in [0.717, 1.165) is 41.9 Å². The first kappa shape index (κ1) is 22.5. The second kappa shape index (κ2) is 8.41. The van der Waals surface area contributed by atoms with Gasteiger partial charge < -0.3 is 19.5 Å². The van der Waals surface area contributed by atoms with Crippen molar-refractivity contribution >= 4 is 28.1 Å². The van der Waals surface area contributed by atoms with Crippen LogP contribution in [0.15, 0.2) is 47.4 Å². The fourth-order valence-corrected chi connectivity index (χ4v) is 6.46. The standard InChI is InChI=1S/C28H28FN5O3/c1-16-9-24-23(31-27(35)25-13-30-26(34(24)25)17-5-7-37-8-6-17)12-22(16)28(36)33-15-20-11-21(33)14-32(20)19-4-2-3-18(29)10-19/h2-4,9-10,12-13,17,20-21H,5-8,11,14-15H2,1H3,(H,31,35)/t20-,21-/m0/s1. The van der Waals surface area contributed by atoms with Crippen LogP contribution in [0.2, 0.25) is 0 Å². The summed E-state index contributed by atoms with van der Waals surface area (Å²) in [5, 5.41) is 0. The van der Waals surface area contributed by atoms with Gasteiger partial charge in [0.1, 0.15) is 17.2 Å². The molecule has 9 heteroatoms. The fraction of sp³-hybridized carbons (Fsp3) is 0.393. The Balaban J connectivity index is 1.22. The van der Waals surface area contributed by atoms with Crippen molar-refractivity contribution in [3.63, 3.8) is 0 Å². The maximum atomic E-state index is 13.8. The van der Waals surface area contributed by atoms with Gasteiger partial charge in [0, 0.05) is 49.5 Å². The molecular weight excluding hydrogens is 473 g/mol.